The summed E-state index contributed by atoms with van der Waals surface area (Å²) in [6.07, 6.45) is 0. The second-order valence-electron chi connectivity index (χ2n) is 15.2. The smallest absolute Gasteiger partial charge is 0.0746 e. The molecule has 0 heterocycles. The SMILES string of the molecule is CC1(C)c2ccccc2-c2c(N(c3cccc(-c4ccccc4)c3)c3cccc4c3C3(c5ccccc5-c5ccccc53)c3ccccc3-4)cccc21. The Labute approximate surface area is 311 Å². The number of hydrogen-bond acceptors (Lipinski definition) is 1. The van der Waals surface area contributed by atoms with Gasteiger partial charge in [0.25, 0.3) is 0 Å². The Kier molecular flexibility index (Phi) is 6.29. The standard InChI is InChI=1S/C52H37N/c1-51(2)42-26-10-9-24-41(42)49-46(51)30-16-31-47(49)53(36-20-14-19-35(33-36)34-17-4-3-5-18-34)48-32-15-25-40-39-23-8-13-29-45(39)52(50(40)48)43-27-11-6-21-37(43)38-22-7-12-28-44(38)52/h3-33H,1-2H3. The maximum Gasteiger partial charge on any atom is 0.0746 e. The number of anilines is 3. The van der Waals surface area contributed by atoms with Gasteiger partial charge in [-0.1, -0.05) is 178 Å². The fourth-order valence-corrected chi connectivity index (χ4v) is 10.1. The third kappa shape index (κ3) is 3.97. The molecule has 0 saturated heterocycles. The van der Waals surface area contributed by atoms with Crippen molar-refractivity contribution in [2.24, 2.45) is 0 Å². The van der Waals surface area contributed by atoms with Gasteiger partial charge in [0, 0.05) is 22.2 Å². The topological polar surface area (TPSA) is 3.24 Å². The van der Waals surface area contributed by atoms with E-state index >= 15 is 0 Å². The van der Waals surface area contributed by atoms with Crippen molar-refractivity contribution in [2.75, 3.05) is 4.90 Å². The first kappa shape index (κ1) is 30.2. The van der Waals surface area contributed by atoms with Gasteiger partial charge in [-0.15, -0.1) is 0 Å². The molecule has 0 amide bonds. The molecule has 1 heteroatoms. The summed E-state index contributed by atoms with van der Waals surface area (Å²) in [5.41, 5.74) is 21.3. The van der Waals surface area contributed by atoms with Crippen LogP contribution in [0.25, 0.3) is 44.5 Å². The molecule has 0 fully saturated rings. The Morgan fingerprint density at radius 3 is 1.51 bits per heavy atom. The molecule has 3 aliphatic rings. The Hall–Kier alpha value is -6.44. The summed E-state index contributed by atoms with van der Waals surface area (Å²) in [5.74, 6) is 0. The molecule has 11 rings (SSSR count). The second-order valence-corrected chi connectivity index (χ2v) is 15.2. The fraction of sp³-hybridized carbons (Fsp3) is 0.0769. The molecule has 0 unspecified atom stereocenters. The fourth-order valence-electron chi connectivity index (χ4n) is 10.1. The van der Waals surface area contributed by atoms with Gasteiger partial charge in [-0.05, 0) is 91.0 Å². The summed E-state index contributed by atoms with van der Waals surface area (Å²) < 4.78 is 0. The summed E-state index contributed by atoms with van der Waals surface area (Å²) in [6, 6.07) is 70.2. The molecule has 0 N–H and O–H groups in total. The van der Waals surface area contributed by atoms with Crippen molar-refractivity contribution in [1.29, 1.82) is 0 Å². The van der Waals surface area contributed by atoms with E-state index in [-0.39, 0.29) is 5.41 Å². The largest absolute Gasteiger partial charge is 0.309 e. The molecule has 250 valence electrons. The summed E-state index contributed by atoms with van der Waals surface area (Å²) in [4.78, 5) is 2.58. The van der Waals surface area contributed by atoms with Gasteiger partial charge in [0.15, 0.2) is 0 Å². The first-order chi connectivity index (χ1) is 26.1. The number of fused-ring (bicyclic) bond motifs is 13. The van der Waals surface area contributed by atoms with Crippen LogP contribution in [0.1, 0.15) is 47.2 Å². The van der Waals surface area contributed by atoms with Crippen LogP contribution in [0.15, 0.2) is 188 Å². The van der Waals surface area contributed by atoms with E-state index in [0.717, 1.165) is 5.69 Å². The van der Waals surface area contributed by atoms with Crippen molar-refractivity contribution in [1.82, 2.24) is 0 Å². The lowest BCUT2D eigenvalue weighted by Gasteiger charge is -2.36. The van der Waals surface area contributed by atoms with Crippen molar-refractivity contribution in [2.45, 2.75) is 24.7 Å². The average Bonchev–Trinajstić information content (AvgIpc) is 3.78. The van der Waals surface area contributed by atoms with E-state index in [2.05, 4.69) is 207 Å². The van der Waals surface area contributed by atoms with Crippen LogP contribution >= 0.6 is 0 Å². The number of hydrogen-bond donors (Lipinski definition) is 0. The monoisotopic (exact) mass is 675 g/mol. The van der Waals surface area contributed by atoms with E-state index in [0.29, 0.717) is 0 Å². The second kappa shape index (κ2) is 11.0. The van der Waals surface area contributed by atoms with Gasteiger partial charge in [-0.3, -0.25) is 0 Å². The highest BCUT2D eigenvalue weighted by Gasteiger charge is 2.53. The quantitative estimate of drug-likeness (QED) is 0.179. The maximum atomic E-state index is 2.58. The summed E-state index contributed by atoms with van der Waals surface area (Å²) in [7, 11) is 0. The van der Waals surface area contributed by atoms with Crippen LogP contribution in [0, 0.1) is 0 Å². The van der Waals surface area contributed by atoms with Crippen LogP contribution in [0.2, 0.25) is 0 Å². The molecule has 0 bridgehead atoms. The lowest BCUT2D eigenvalue weighted by Crippen LogP contribution is -2.28. The normalized spacial score (nSPS) is 14.5. The van der Waals surface area contributed by atoms with Gasteiger partial charge in [0.05, 0.1) is 16.8 Å². The molecule has 0 aliphatic heterocycles. The van der Waals surface area contributed by atoms with Crippen molar-refractivity contribution >= 4 is 17.1 Å². The van der Waals surface area contributed by atoms with Crippen LogP contribution < -0.4 is 4.90 Å². The molecule has 0 saturated carbocycles. The molecule has 8 aromatic rings. The van der Waals surface area contributed by atoms with E-state index in [1.54, 1.807) is 0 Å². The molecule has 1 nitrogen and oxygen atoms in total. The third-order valence-electron chi connectivity index (χ3n) is 12.3. The summed E-state index contributed by atoms with van der Waals surface area (Å²) >= 11 is 0. The molecular formula is C52H37N. The van der Waals surface area contributed by atoms with Gasteiger partial charge < -0.3 is 4.90 Å². The lowest BCUT2D eigenvalue weighted by atomic mass is 9.70. The Bertz CT molecular complexity index is 2710. The predicted molar refractivity (Wildman–Crippen MR) is 220 cm³/mol. The molecule has 8 aromatic carbocycles. The Balaban J connectivity index is 1.28. The van der Waals surface area contributed by atoms with Crippen molar-refractivity contribution in [3.8, 4) is 44.5 Å². The minimum Gasteiger partial charge on any atom is -0.309 e. The highest BCUT2D eigenvalue weighted by atomic mass is 15.2. The first-order valence-electron chi connectivity index (χ1n) is 18.7. The first-order valence-corrected chi connectivity index (χ1v) is 18.7. The van der Waals surface area contributed by atoms with Gasteiger partial charge >= 0.3 is 0 Å². The lowest BCUT2D eigenvalue weighted by molar-refractivity contribution is 0.660. The van der Waals surface area contributed by atoms with Gasteiger partial charge in [0.1, 0.15) is 0 Å². The zero-order chi connectivity index (χ0) is 35.3. The average molecular weight is 676 g/mol. The van der Waals surface area contributed by atoms with Crippen molar-refractivity contribution in [3.05, 3.63) is 221 Å². The van der Waals surface area contributed by atoms with Gasteiger partial charge in [-0.2, -0.15) is 0 Å². The van der Waals surface area contributed by atoms with Gasteiger partial charge in [-0.25, -0.2) is 0 Å². The molecule has 1 spiro atoms. The van der Waals surface area contributed by atoms with Gasteiger partial charge in [0.2, 0.25) is 0 Å². The van der Waals surface area contributed by atoms with Crippen LogP contribution in [0.3, 0.4) is 0 Å². The van der Waals surface area contributed by atoms with Crippen molar-refractivity contribution < 1.29 is 0 Å². The van der Waals surface area contributed by atoms with E-state index < -0.39 is 5.41 Å². The highest BCUT2D eigenvalue weighted by Crippen LogP contribution is 2.66. The summed E-state index contributed by atoms with van der Waals surface area (Å²) in [6.45, 7) is 4.75. The zero-order valence-electron chi connectivity index (χ0n) is 29.8. The molecule has 53 heavy (non-hydrogen) atoms. The number of benzene rings is 8. The number of nitrogens with zero attached hydrogens (tertiary/aromatic N) is 1. The minimum atomic E-state index is -0.486. The molecule has 0 aromatic heterocycles. The van der Waals surface area contributed by atoms with Crippen LogP contribution in [-0.2, 0) is 10.8 Å². The highest BCUT2D eigenvalue weighted by molar-refractivity contribution is 6.02. The van der Waals surface area contributed by atoms with Crippen LogP contribution in [0.4, 0.5) is 17.1 Å². The Morgan fingerprint density at radius 1 is 0.358 bits per heavy atom. The number of rotatable bonds is 4. The molecule has 0 radical (unpaired) electrons. The Morgan fingerprint density at radius 2 is 0.830 bits per heavy atom. The van der Waals surface area contributed by atoms with E-state index in [1.165, 1.54) is 89.3 Å². The molecule has 3 aliphatic carbocycles. The zero-order valence-corrected chi connectivity index (χ0v) is 29.8. The predicted octanol–water partition coefficient (Wildman–Crippen LogP) is 13.5. The third-order valence-corrected chi connectivity index (χ3v) is 12.3. The minimum absolute atomic E-state index is 0.126. The van der Waals surface area contributed by atoms with Crippen LogP contribution in [0.5, 0.6) is 0 Å². The molecule has 0 atom stereocenters. The maximum absolute atomic E-state index is 2.58. The molecular weight excluding hydrogens is 639 g/mol. The van der Waals surface area contributed by atoms with E-state index in [4.69, 9.17) is 0 Å². The van der Waals surface area contributed by atoms with Crippen molar-refractivity contribution in [3.63, 3.8) is 0 Å². The van der Waals surface area contributed by atoms with E-state index in [9.17, 15) is 0 Å². The van der Waals surface area contributed by atoms with Crippen LogP contribution in [-0.4, -0.2) is 0 Å². The summed E-state index contributed by atoms with van der Waals surface area (Å²) in [5, 5.41) is 0. The van der Waals surface area contributed by atoms with E-state index in [1.807, 2.05) is 0 Å².